The number of carbonyl (C=O) groups is 1. The third-order valence-electron chi connectivity index (χ3n) is 5.70. The summed E-state index contributed by atoms with van der Waals surface area (Å²) in [6, 6.07) is 1.14. The number of aryl methyl sites for hydroxylation is 2. The van der Waals surface area contributed by atoms with Crippen LogP contribution in [0.15, 0.2) is 21.5 Å². The molecule has 2 aromatic rings. The number of nitrogens with zero attached hydrogens (tertiary/aromatic N) is 3. The van der Waals surface area contributed by atoms with Gasteiger partial charge in [-0.2, -0.15) is 5.10 Å². The van der Waals surface area contributed by atoms with Gasteiger partial charge in [0.15, 0.2) is 9.92 Å². The maximum Gasteiger partial charge on any atom is 0.354 e. The predicted octanol–water partition coefficient (Wildman–Crippen LogP) is 1.33. The normalized spacial score (nSPS) is 21.0. The Labute approximate surface area is 162 Å². The standard InChI is InChI=1S/C18H21N5O4S/c19-28(26,15-7-20-23-12(8-24)9-27-17(15)23)22-18(25)21-16-13-3-1-2-10(13)6-11-4-5-14(11)16/h6-7,12,24H,1-5,8-9H2,(H3,19,21,22,25,26)/t12-,28?/m1/s1. The first-order chi connectivity index (χ1) is 13.5. The Hall–Kier alpha value is -2.43. The average Bonchev–Trinajstić information content (AvgIpc) is 3.32. The van der Waals surface area contributed by atoms with Crippen LogP contribution in [-0.2, 0) is 35.6 Å². The Bertz CT molecular complexity index is 1120. The van der Waals surface area contributed by atoms with Gasteiger partial charge in [-0.15, -0.1) is 4.36 Å². The molecule has 1 aliphatic heterocycles. The Balaban J connectivity index is 1.46. The van der Waals surface area contributed by atoms with Crippen molar-refractivity contribution in [2.75, 3.05) is 18.5 Å². The summed E-state index contributed by atoms with van der Waals surface area (Å²) in [5, 5.41) is 22.1. The van der Waals surface area contributed by atoms with Gasteiger partial charge in [0.25, 0.3) is 0 Å². The molecule has 148 valence electrons. The third-order valence-corrected chi connectivity index (χ3v) is 7.04. The van der Waals surface area contributed by atoms with Crippen LogP contribution >= 0.6 is 0 Å². The summed E-state index contributed by atoms with van der Waals surface area (Å²) in [6.45, 7) is 0.0401. The van der Waals surface area contributed by atoms with Gasteiger partial charge >= 0.3 is 6.03 Å². The molecule has 0 radical (unpaired) electrons. The molecule has 1 unspecified atom stereocenters. The number of hydrogen-bond donors (Lipinski definition) is 3. The number of nitrogens with one attached hydrogen (secondary N) is 1. The molecule has 2 aliphatic carbocycles. The van der Waals surface area contributed by atoms with E-state index in [4.69, 9.17) is 9.88 Å². The molecule has 0 fully saturated rings. The molecule has 2 atom stereocenters. The van der Waals surface area contributed by atoms with Crippen molar-refractivity contribution in [3.8, 4) is 5.88 Å². The number of amides is 2. The van der Waals surface area contributed by atoms with Crippen LogP contribution in [0.3, 0.4) is 0 Å². The molecule has 2 heterocycles. The monoisotopic (exact) mass is 403 g/mol. The molecule has 2 amide bonds. The summed E-state index contributed by atoms with van der Waals surface area (Å²) >= 11 is 0. The highest BCUT2D eigenvalue weighted by molar-refractivity contribution is 7.91. The smallest absolute Gasteiger partial charge is 0.354 e. The number of anilines is 1. The summed E-state index contributed by atoms with van der Waals surface area (Å²) in [4.78, 5) is 12.6. The number of aliphatic hydroxyl groups excluding tert-OH is 1. The molecule has 28 heavy (non-hydrogen) atoms. The maximum absolute atomic E-state index is 13.0. The van der Waals surface area contributed by atoms with Crippen molar-refractivity contribution < 1.29 is 18.8 Å². The van der Waals surface area contributed by atoms with Crippen LogP contribution < -0.4 is 15.2 Å². The lowest BCUT2D eigenvalue weighted by atomic mass is 9.83. The summed E-state index contributed by atoms with van der Waals surface area (Å²) in [5.74, 6) is 0.188. The van der Waals surface area contributed by atoms with E-state index in [9.17, 15) is 14.1 Å². The van der Waals surface area contributed by atoms with Gasteiger partial charge in [0.05, 0.1) is 12.8 Å². The van der Waals surface area contributed by atoms with Crippen LogP contribution in [0.5, 0.6) is 5.88 Å². The molecule has 10 heteroatoms. The lowest BCUT2D eigenvalue weighted by Crippen LogP contribution is -2.21. The van der Waals surface area contributed by atoms with E-state index in [-0.39, 0.29) is 30.0 Å². The van der Waals surface area contributed by atoms with Gasteiger partial charge in [-0.25, -0.2) is 18.8 Å². The van der Waals surface area contributed by atoms with Gasteiger partial charge in [-0.1, -0.05) is 6.07 Å². The molecule has 0 saturated heterocycles. The van der Waals surface area contributed by atoms with E-state index in [0.29, 0.717) is 0 Å². The molecular formula is C18H21N5O4S. The topological polar surface area (TPSA) is 132 Å². The molecule has 5 rings (SSSR count). The zero-order chi connectivity index (χ0) is 19.5. The fraction of sp³-hybridized carbons (Fsp3) is 0.444. The zero-order valence-corrected chi connectivity index (χ0v) is 16.0. The van der Waals surface area contributed by atoms with Crippen LogP contribution in [0.4, 0.5) is 10.5 Å². The highest BCUT2D eigenvalue weighted by atomic mass is 32.2. The molecule has 0 spiro atoms. The number of aliphatic hydroxyl groups is 1. The average molecular weight is 403 g/mol. The maximum atomic E-state index is 13.0. The minimum absolute atomic E-state index is 0.0601. The molecular weight excluding hydrogens is 382 g/mol. The molecule has 3 aliphatic rings. The van der Waals surface area contributed by atoms with Gasteiger partial charge in [0, 0.05) is 5.69 Å². The predicted molar refractivity (Wildman–Crippen MR) is 102 cm³/mol. The van der Waals surface area contributed by atoms with E-state index in [1.165, 1.54) is 22.0 Å². The molecule has 1 aromatic carbocycles. The number of hydrogen-bond acceptors (Lipinski definition) is 5. The number of nitrogens with two attached hydrogens (primary N) is 1. The van der Waals surface area contributed by atoms with Crippen LogP contribution in [0.2, 0.25) is 0 Å². The van der Waals surface area contributed by atoms with E-state index >= 15 is 0 Å². The van der Waals surface area contributed by atoms with Gasteiger partial charge < -0.3 is 15.2 Å². The fourth-order valence-corrected chi connectivity index (χ4v) is 5.20. The van der Waals surface area contributed by atoms with Gasteiger partial charge in [-0.3, -0.25) is 0 Å². The number of benzene rings is 1. The first-order valence-electron chi connectivity index (χ1n) is 9.31. The van der Waals surface area contributed by atoms with Gasteiger partial charge in [0.1, 0.15) is 17.5 Å². The van der Waals surface area contributed by atoms with E-state index in [2.05, 4.69) is 20.8 Å². The molecule has 4 N–H and O–H groups in total. The van der Waals surface area contributed by atoms with E-state index in [1.54, 1.807) is 0 Å². The first kappa shape index (κ1) is 17.7. The second-order valence-electron chi connectivity index (χ2n) is 7.38. The summed E-state index contributed by atoms with van der Waals surface area (Å²) < 4.78 is 23.6. The first-order valence-corrected chi connectivity index (χ1v) is 10.9. The Morgan fingerprint density at radius 1 is 1.36 bits per heavy atom. The Kier molecular flexibility index (Phi) is 3.97. The van der Waals surface area contributed by atoms with E-state index in [1.807, 2.05) is 0 Å². The van der Waals surface area contributed by atoms with Crippen molar-refractivity contribution in [2.24, 2.45) is 9.50 Å². The molecule has 1 aromatic heterocycles. The molecule has 0 saturated carbocycles. The number of rotatable bonds is 3. The number of carbonyl (C=O) groups excluding carboxylic acids is 1. The number of aromatic nitrogens is 2. The second kappa shape index (κ2) is 6.29. The minimum Gasteiger partial charge on any atom is -0.475 e. The van der Waals surface area contributed by atoms with E-state index < -0.39 is 15.9 Å². The lowest BCUT2D eigenvalue weighted by Gasteiger charge is -2.25. The van der Waals surface area contributed by atoms with Crippen molar-refractivity contribution in [1.29, 1.82) is 0 Å². The van der Waals surface area contributed by atoms with Gasteiger partial charge in [-0.05, 0) is 54.4 Å². The van der Waals surface area contributed by atoms with Crippen LogP contribution in [0.25, 0.3) is 0 Å². The lowest BCUT2D eigenvalue weighted by molar-refractivity contribution is 0.206. The Morgan fingerprint density at radius 3 is 2.89 bits per heavy atom. The van der Waals surface area contributed by atoms with Gasteiger partial charge in [0.2, 0.25) is 5.88 Å². The summed E-state index contributed by atoms with van der Waals surface area (Å²) in [5.41, 5.74) is 5.67. The van der Waals surface area contributed by atoms with Crippen molar-refractivity contribution in [1.82, 2.24) is 9.78 Å². The van der Waals surface area contributed by atoms with Crippen molar-refractivity contribution in [3.63, 3.8) is 0 Å². The fourth-order valence-electron chi connectivity index (χ4n) is 4.21. The number of urea groups is 1. The SMILES string of the molecule is NS(=O)(=NC(=O)Nc1c2c(cc3c1CC3)CCC2)c1cnn2c1OC[C@H]2CO. The minimum atomic E-state index is -3.54. The van der Waals surface area contributed by atoms with Crippen molar-refractivity contribution >= 4 is 21.6 Å². The van der Waals surface area contributed by atoms with Crippen LogP contribution in [0.1, 0.15) is 34.7 Å². The Morgan fingerprint density at radius 2 is 2.14 bits per heavy atom. The number of ether oxygens (including phenoxy) is 1. The zero-order valence-electron chi connectivity index (χ0n) is 15.2. The van der Waals surface area contributed by atoms with Crippen molar-refractivity contribution in [2.45, 2.75) is 43.0 Å². The second-order valence-corrected chi connectivity index (χ2v) is 9.14. The summed E-state index contributed by atoms with van der Waals surface area (Å²) in [6.07, 6.45) is 6.22. The molecule has 9 nitrogen and oxygen atoms in total. The largest absolute Gasteiger partial charge is 0.475 e. The summed E-state index contributed by atoms with van der Waals surface area (Å²) in [7, 11) is -3.54. The van der Waals surface area contributed by atoms with Crippen molar-refractivity contribution in [3.05, 3.63) is 34.5 Å². The third kappa shape index (κ3) is 2.63. The van der Waals surface area contributed by atoms with E-state index in [0.717, 1.165) is 48.9 Å². The number of fused-ring (bicyclic) bond motifs is 3. The highest BCUT2D eigenvalue weighted by Crippen LogP contribution is 2.40. The van der Waals surface area contributed by atoms with Crippen LogP contribution in [-0.4, -0.2) is 38.3 Å². The molecule has 0 bridgehead atoms. The van der Waals surface area contributed by atoms with Crippen LogP contribution in [0, 0.1) is 0 Å². The quantitative estimate of drug-likeness (QED) is 0.711. The highest BCUT2D eigenvalue weighted by Gasteiger charge is 2.31.